The van der Waals surface area contributed by atoms with Gasteiger partial charge in [-0.25, -0.2) is 8.42 Å². The van der Waals surface area contributed by atoms with E-state index in [-0.39, 0.29) is 25.3 Å². The molecule has 1 aliphatic heterocycles. The molecule has 2 aromatic carbocycles. The van der Waals surface area contributed by atoms with E-state index in [0.29, 0.717) is 23.6 Å². The second kappa shape index (κ2) is 8.32. The minimum absolute atomic E-state index is 0.0896. The minimum Gasteiger partial charge on any atom is -0.454 e. The molecular weight excluding hydrogens is 392 g/mol. The zero-order valence-corrected chi connectivity index (χ0v) is 17.9. The van der Waals surface area contributed by atoms with Crippen molar-refractivity contribution in [2.45, 2.75) is 33.2 Å². The van der Waals surface area contributed by atoms with E-state index in [9.17, 15) is 13.2 Å². The van der Waals surface area contributed by atoms with Crippen LogP contribution in [-0.4, -0.2) is 33.9 Å². The highest BCUT2D eigenvalue weighted by atomic mass is 32.2. The van der Waals surface area contributed by atoms with Gasteiger partial charge in [0.25, 0.3) is 0 Å². The Morgan fingerprint density at radius 1 is 1.10 bits per heavy atom. The second-order valence-electron chi connectivity index (χ2n) is 7.18. The van der Waals surface area contributed by atoms with Crippen LogP contribution in [0.5, 0.6) is 11.5 Å². The molecule has 8 heteroatoms. The van der Waals surface area contributed by atoms with E-state index in [1.807, 2.05) is 32.9 Å². The molecule has 0 bridgehead atoms. The number of anilines is 1. The maximum Gasteiger partial charge on any atom is 0.241 e. The minimum atomic E-state index is -3.67. The molecule has 0 aromatic heterocycles. The van der Waals surface area contributed by atoms with Crippen molar-refractivity contribution in [2.75, 3.05) is 23.9 Å². The summed E-state index contributed by atoms with van der Waals surface area (Å²) in [5, 5.41) is 2.95. The van der Waals surface area contributed by atoms with Gasteiger partial charge in [0.2, 0.25) is 22.7 Å². The van der Waals surface area contributed by atoms with Gasteiger partial charge in [-0.2, -0.15) is 0 Å². The number of aryl methyl sites for hydroxylation is 2. The van der Waals surface area contributed by atoms with Crippen LogP contribution < -0.4 is 19.1 Å². The van der Waals surface area contributed by atoms with Crippen LogP contribution in [0, 0.1) is 13.8 Å². The standard InChI is InChI=1S/C21H26N2O5S/c1-5-18(16-7-6-14(2)15(3)10-16)22-21(24)12-23(29(4,25)26)17-8-9-19-20(11-17)28-13-27-19/h6-11,18H,5,12-13H2,1-4H3,(H,22,24)/t18-/m0/s1. The first-order chi connectivity index (χ1) is 13.7. The molecule has 0 aliphatic carbocycles. The van der Waals surface area contributed by atoms with Gasteiger partial charge in [0.1, 0.15) is 6.54 Å². The van der Waals surface area contributed by atoms with Gasteiger partial charge in [-0.05, 0) is 49.1 Å². The number of carbonyl (C=O) groups is 1. The van der Waals surface area contributed by atoms with Crippen LogP contribution in [0.15, 0.2) is 36.4 Å². The van der Waals surface area contributed by atoms with Crippen molar-refractivity contribution in [3.8, 4) is 11.5 Å². The summed E-state index contributed by atoms with van der Waals surface area (Å²) in [6, 6.07) is 10.7. The number of hydrogen-bond donors (Lipinski definition) is 1. The molecule has 0 radical (unpaired) electrons. The number of carbonyl (C=O) groups excluding carboxylic acids is 1. The third-order valence-corrected chi connectivity index (χ3v) is 6.15. The number of hydrogen-bond acceptors (Lipinski definition) is 5. The quantitative estimate of drug-likeness (QED) is 0.747. The lowest BCUT2D eigenvalue weighted by atomic mass is 9.99. The Morgan fingerprint density at radius 3 is 2.48 bits per heavy atom. The lowest BCUT2D eigenvalue weighted by molar-refractivity contribution is -0.120. The molecule has 156 valence electrons. The zero-order valence-electron chi connectivity index (χ0n) is 17.1. The number of nitrogens with zero attached hydrogens (tertiary/aromatic N) is 1. The van der Waals surface area contributed by atoms with Gasteiger partial charge in [-0.15, -0.1) is 0 Å². The summed E-state index contributed by atoms with van der Waals surface area (Å²) in [5.74, 6) is 0.628. The van der Waals surface area contributed by atoms with E-state index in [0.717, 1.165) is 21.7 Å². The highest BCUT2D eigenvalue weighted by Gasteiger charge is 2.25. The fourth-order valence-corrected chi connectivity index (χ4v) is 4.06. The van der Waals surface area contributed by atoms with Crippen LogP contribution in [0.1, 0.15) is 36.1 Å². The molecule has 0 saturated heterocycles. The van der Waals surface area contributed by atoms with E-state index >= 15 is 0 Å². The number of amides is 1. The summed E-state index contributed by atoms with van der Waals surface area (Å²) in [6.07, 6.45) is 1.77. The normalized spacial score (nSPS) is 13.8. The van der Waals surface area contributed by atoms with E-state index in [1.165, 1.54) is 5.56 Å². The zero-order chi connectivity index (χ0) is 21.2. The molecule has 0 unspecified atom stereocenters. The van der Waals surface area contributed by atoms with Crippen molar-refractivity contribution >= 4 is 21.6 Å². The Labute approximate surface area is 171 Å². The van der Waals surface area contributed by atoms with Gasteiger partial charge in [-0.1, -0.05) is 25.1 Å². The van der Waals surface area contributed by atoms with Crippen molar-refractivity contribution in [3.05, 3.63) is 53.1 Å². The first-order valence-electron chi connectivity index (χ1n) is 9.43. The average molecular weight is 419 g/mol. The largest absolute Gasteiger partial charge is 0.454 e. The molecular formula is C21H26N2O5S. The first-order valence-corrected chi connectivity index (χ1v) is 11.3. The van der Waals surface area contributed by atoms with Crippen LogP contribution in [0.4, 0.5) is 5.69 Å². The van der Waals surface area contributed by atoms with E-state index in [4.69, 9.17) is 9.47 Å². The first kappa shape index (κ1) is 21.0. The van der Waals surface area contributed by atoms with E-state index < -0.39 is 10.0 Å². The molecule has 0 fully saturated rings. The summed E-state index contributed by atoms with van der Waals surface area (Å²) in [7, 11) is -3.67. The number of ether oxygens (including phenoxy) is 2. The molecule has 1 N–H and O–H groups in total. The molecule has 1 atom stereocenters. The van der Waals surface area contributed by atoms with Crippen molar-refractivity contribution in [3.63, 3.8) is 0 Å². The Hall–Kier alpha value is -2.74. The van der Waals surface area contributed by atoms with Gasteiger partial charge in [0, 0.05) is 6.07 Å². The van der Waals surface area contributed by atoms with Gasteiger partial charge < -0.3 is 14.8 Å². The van der Waals surface area contributed by atoms with Crippen LogP contribution in [-0.2, 0) is 14.8 Å². The fraction of sp³-hybridized carbons (Fsp3) is 0.381. The number of sulfonamides is 1. The summed E-state index contributed by atoms with van der Waals surface area (Å²) in [5.41, 5.74) is 3.68. The van der Waals surface area contributed by atoms with Crippen LogP contribution in [0.2, 0.25) is 0 Å². The Bertz CT molecular complexity index is 1020. The summed E-state index contributed by atoms with van der Waals surface area (Å²) in [4.78, 5) is 12.7. The van der Waals surface area contributed by atoms with Crippen LogP contribution in [0.3, 0.4) is 0 Å². The van der Waals surface area contributed by atoms with Crippen LogP contribution >= 0.6 is 0 Å². The van der Waals surface area contributed by atoms with Gasteiger partial charge >= 0.3 is 0 Å². The van der Waals surface area contributed by atoms with Crippen molar-refractivity contribution in [2.24, 2.45) is 0 Å². The summed E-state index contributed by atoms with van der Waals surface area (Å²) < 4.78 is 36.4. The lowest BCUT2D eigenvalue weighted by Gasteiger charge is -2.24. The predicted molar refractivity (Wildman–Crippen MR) is 112 cm³/mol. The highest BCUT2D eigenvalue weighted by Crippen LogP contribution is 2.36. The summed E-state index contributed by atoms with van der Waals surface area (Å²) >= 11 is 0. The molecule has 1 heterocycles. The molecule has 1 aliphatic rings. The van der Waals surface area contributed by atoms with Gasteiger partial charge in [0.05, 0.1) is 18.0 Å². The molecule has 0 saturated carbocycles. The maximum atomic E-state index is 12.7. The van der Waals surface area contributed by atoms with Crippen molar-refractivity contribution in [1.29, 1.82) is 0 Å². The Kier molecular flexibility index (Phi) is 6.02. The number of benzene rings is 2. The van der Waals surface area contributed by atoms with Crippen molar-refractivity contribution < 1.29 is 22.7 Å². The third kappa shape index (κ3) is 4.82. The third-order valence-electron chi connectivity index (χ3n) is 5.01. The van der Waals surface area contributed by atoms with E-state index in [1.54, 1.807) is 18.2 Å². The predicted octanol–water partition coefficient (Wildman–Crippen LogP) is 3.07. The maximum absolute atomic E-state index is 12.7. The van der Waals surface area contributed by atoms with Crippen LogP contribution in [0.25, 0.3) is 0 Å². The Balaban J connectivity index is 1.78. The molecule has 7 nitrogen and oxygen atoms in total. The SMILES string of the molecule is CC[C@H](NC(=O)CN(c1ccc2c(c1)OCO2)S(C)(=O)=O)c1ccc(C)c(C)c1. The number of rotatable bonds is 7. The molecule has 1 amide bonds. The molecule has 29 heavy (non-hydrogen) atoms. The average Bonchev–Trinajstić information content (AvgIpc) is 3.13. The highest BCUT2D eigenvalue weighted by molar-refractivity contribution is 7.92. The molecule has 2 aromatic rings. The Morgan fingerprint density at radius 2 is 1.83 bits per heavy atom. The fourth-order valence-electron chi connectivity index (χ4n) is 3.21. The van der Waals surface area contributed by atoms with E-state index in [2.05, 4.69) is 11.4 Å². The molecule has 0 spiro atoms. The smallest absolute Gasteiger partial charge is 0.241 e. The van der Waals surface area contributed by atoms with Gasteiger partial charge in [0.15, 0.2) is 11.5 Å². The van der Waals surface area contributed by atoms with Crippen molar-refractivity contribution in [1.82, 2.24) is 5.32 Å². The topological polar surface area (TPSA) is 84.9 Å². The second-order valence-corrected chi connectivity index (χ2v) is 9.09. The monoisotopic (exact) mass is 418 g/mol. The number of nitrogens with one attached hydrogen (secondary N) is 1. The lowest BCUT2D eigenvalue weighted by Crippen LogP contribution is -2.41. The van der Waals surface area contributed by atoms with Gasteiger partial charge in [-0.3, -0.25) is 9.10 Å². The molecule has 3 rings (SSSR count). The summed E-state index contributed by atoms with van der Waals surface area (Å²) in [6.45, 7) is 5.81. The number of fused-ring (bicyclic) bond motifs is 1.